The molecular formula is C16H17ClN4O. The van der Waals surface area contributed by atoms with Crippen LogP contribution in [-0.2, 0) is 0 Å². The SMILES string of the molecule is Cl.N#Cc1cccc(-c2cc3n(c2)C(CCN)CNC3=O)c1. The number of amides is 1. The van der Waals surface area contributed by atoms with Gasteiger partial charge in [0.25, 0.3) is 5.91 Å². The van der Waals surface area contributed by atoms with E-state index >= 15 is 0 Å². The Morgan fingerprint density at radius 1 is 1.36 bits per heavy atom. The molecule has 0 aliphatic carbocycles. The number of nitrogens with two attached hydrogens (primary N) is 1. The zero-order valence-electron chi connectivity index (χ0n) is 12.0. The summed E-state index contributed by atoms with van der Waals surface area (Å²) in [5, 5.41) is 11.9. The number of nitriles is 1. The van der Waals surface area contributed by atoms with Crippen LogP contribution in [0.25, 0.3) is 11.1 Å². The summed E-state index contributed by atoms with van der Waals surface area (Å²) in [6, 6.07) is 11.6. The lowest BCUT2D eigenvalue weighted by Gasteiger charge is -2.25. The molecule has 1 atom stereocenters. The first-order valence-corrected chi connectivity index (χ1v) is 6.93. The zero-order valence-corrected chi connectivity index (χ0v) is 12.8. The molecule has 1 aliphatic heterocycles. The van der Waals surface area contributed by atoms with Crippen molar-refractivity contribution >= 4 is 18.3 Å². The zero-order chi connectivity index (χ0) is 14.8. The second kappa shape index (κ2) is 6.65. The average molecular weight is 317 g/mol. The fraction of sp³-hybridized carbons (Fsp3) is 0.250. The molecule has 0 spiro atoms. The molecule has 2 aromatic rings. The summed E-state index contributed by atoms with van der Waals surface area (Å²) in [5.74, 6) is -0.0639. The number of aromatic nitrogens is 1. The van der Waals surface area contributed by atoms with Crippen LogP contribution in [0.2, 0.25) is 0 Å². The Labute approximate surface area is 135 Å². The van der Waals surface area contributed by atoms with E-state index in [0.29, 0.717) is 24.3 Å². The lowest BCUT2D eigenvalue weighted by atomic mass is 10.1. The van der Waals surface area contributed by atoms with Gasteiger partial charge in [-0.1, -0.05) is 12.1 Å². The Morgan fingerprint density at radius 2 is 2.18 bits per heavy atom. The maximum absolute atomic E-state index is 12.0. The highest BCUT2D eigenvalue weighted by atomic mass is 35.5. The molecule has 1 aliphatic rings. The largest absolute Gasteiger partial charge is 0.349 e. The van der Waals surface area contributed by atoms with E-state index in [2.05, 4.69) is 11.4 Å². The first-order valence-electron chi connectivity index (χ1n) is 6.93. The van der Waals surface area contributed by atoms with Gasteiger partial charge in [0, 0.05) is 18.3 Å². The van der Waals surface area contributed by atoms with E-state index in [1.54, 1.807) is 6.07 Å². The van der Waals surface area contributed by atoms with Crippen molar-refractivity contribution in [2.75, 3.05) is 13.1 Å². The van der Waals surface area contributed by atoms with Gasteiger partial charge in [-0.2, -0.15) is 5.26 Å². The van der Waals surface area contributed by atoms with Gasteiger partial charge in [0.2, 0.25) is 0 Å². The number of carbonyl (C=O) groups excluding carboxylic acids is 1. The van der Waals surface area contributed by atoms with E-state index in [-0.39, 0.29) is 24.4 Å². The van der Waals surface area contributed by atoms with E-state index in [0.717, 1.165) is 17.5 Å². The van der Waals surface area contributed by atoms with Crippen LogP contribution in [-0.4, -0.2) is 23.6 Å². The second-order valence-corrected chi connectivity index (χ2v) is 5.16. The Bertz CT molecular complexity index is 732. The van der Waals surface area contributed by atoms with Crippen LogP contribution in [0.1, 0.15) is 28.5 Å². The van der Waals surface area contributed by atoms with Gasteiger partial charge < -0.3 is 15.6 Å². The van der Waals surface area contributed by atoms with Gasteiger partial charge in [-0.25, -0.2) is 0 Å². The third-order valence-electron chi connectivity index (χ3n) is 3.80. The van der Waals surface area contributed by atoms with Gasteiger partial charge in [0.15, 0.2) is 0 Å². The second-order valence-electron chi connectivity index (χ2n) is 5.16. The summed E-state index contributed by atoms with van der Waals surface area (Å²) in [6.45, 7) is 1.19. The number of nitrogens with one attached hydrogen (secondary N) is 1. The van der Waals surface area contributed by atoms with Gasteiger partial charge in [-0.15, -0.1) is 12.4 Å². The minimum absolute atomic E-state index is 0. The molecule has 3 rings (SSSR count). The molecule has 22 heavy (non-hydrogen) atoms. The van der Waals surface area contributed by atoms with Crippen molar-refractivity contribution in [1.29, 1.82) is 5.26 Å². The third kappa shape index (κ3) is 2.84. The van der Waals surface area contributed by atoms with Gasteiger partial charge in [0.1, 0.15) is 5.69 Å². The number of benzene rings is 1. The molecule has 114 valence electrons. The topological polar surface area (TPSA) is 83.8 Å². The predicted molar refractivity (Wildman–Crippen MR) is 86.9 cm³/mol. The molecule has 5 nitrogen and oxygen atoms in total. The van der Waals surface area contributed by atoms with Crippen molar-refractivity contribution in [3.63, 3.8) is 0 Å². The van der Waals surface area contributed by atoms with Gasteiger partial charge in [0.05, 0.1) is 17.7 Å². The molecule has 0 saturated carbocycles. The fourth-order valence-electron chi connectivity index (χ4n) is 2.72. The number of hydrogen-bond donors (Lipinski definition) is 2. The fourth-order valence-corrected chi connectivity index (χ4v) is 2.72. The Balaban J connectivity index is 0.00000176. The number of carbonyl (C=O) groups is 1. The summed E-state index contributed by atoms with van der Waals surface area (Å²) in [7, 11) is 0. The molecule has 3 N–H and O–H groups in total. The van der Waals surface area contributed by atoms with Crippen LogP contribution in [0, 0.1) is 11.3 Å². The molecule has 0 bridgehead atoms. The molecule has 0 saturated heterocycles. The monoisotopic (exact) mass is 316 g/mol. The maximum atomic E-state index is 12.0. The van der Waals surface area contributed by atoms with Gasteiger partial charge in [-0.3, -0.25) is 4.79 Å². The number of fused-ring (bicyclic) bond motifs is 1. The van der Waals surface area contributed by atoms with E-state index in [1.165, 1.54) is 0 Å². The molecule has 1 amide bonds. The van der Waals surface area contributed by atoms with Crippen LogP contribution in [0.3, 0.4) is 0 Å². The van der Waals surface area contributed by atoms with Crippen LogP contribution in [0.15, 0.2) is 36.5 Å². The van der Waals surface area contributed by atoms with Gasteiger partial charge >= 0.3 is 0 Å². The van der Waals surface area contributed by atoms with Crippen molar-refractivity contribution in [3.05, 3.63) is 47.8 Å². The lowest BCUT2D eigenvalue weighted by molar-refractivity contribution is 0.0913. The Hall–Kier alpha value is -2.29. The molecule has 0 radical (unpaired) electrons. The van der Waals surface area contributed by atoms with Crippen LogP contribution in [0.4, 0.5) is 0 Å². The number of halogens is 1. The lowest BCUT2D eigenvalue weighted by Crippen LogP contribution is -2.39. The third-order valence-corrected chi connectivity index (χ3v) is 3.80. The quantitative estimate of drug-likeness (QED) is 0.909. The summed E-state index contributed by atoms with van der Waals surface area (Å²) in [6.07, 6.45) is 2.80. The summed E-state index contributed by atoms with van der Waals surface area (Å²) in [4.78, 5) is 12.0. The highest BCUT2D eigenvalue weighted by molar-refractivity contribution is 5.95. The Morgan fingerprint density at radius 3 is 2.91 bits per heavy atom. The molecule has 2 heterocycles. The van der Waals surface area contributed by atoms with Crippen molar-refractivity contribution in [3.8, 4) is 17.2 Å². The van der Waals surface area contributed by atoms with Crippen LogP contribution >= 0.6 is 12.4 Å². The van der Waals surface area contributed by atoms with Crippen molar-refractivity contribution in [2.45, 2.75) is 12.5 Å². The molecule has 1 unspecified atom stereocenters. The highest BCUT2D eigenvalue weighted by Crippen LogP contribution is 2.28. The van der Waals surface area contributed by atoms with E-state index in [1.807, 2.05) is 35.0 Å². The van der Waals surface area contributed by atoms with Gasteiger partial charge in [-0.05, 0) is 36.7 Å². The smallest absolute Gasteiger partial charge is 0.268 e. The highest BCUT2D eigenvalue weighted by Gasteiger charge is 2.25. The average Bonchev–Trinajstić information content (AvgIpc) is 2.97. The van der Waals surface area contributed by atoms with Crippen molar-refractivity contribution < 1.29 is 4.79 Å². The number of rotatable bonds is 3. The number of hydrogen-bond acceptors (Lipinski definition) is 3. The predicted octanol–water partition coefficient (Wildman–Crippen LogP) is 2.08. The molecule has 0 fully saturated rings. The molecular weight excluding hydrogens is 300 g/mol. The van der Waals surface area contributed by atoms with E-state index in [9.17, 15) is 4.79 Å². The minimum atomic E-state index is -0.0639. The molecule has 6 heteroatoms. The van der Waals surface area contributed by atoms with Crippen LogP contribution < -0.4 is 11.1 Å². The standard InChI is InChI=1S/C16H16N4O.ClH/c17-5-4-14-9-19-16(21)15-7-13(10-20(14)15)12-3-1-2-11(6-12)8-18;/h1-3,6-7,10,14H,4-5,9,17H2,(H,19,21);1H. The van der Waals surface area contributed by atoms with Crippen molar-refractivity contribution in [2.24, 2.45) is 5.73 Å². The number of nitrogens with zero attached hydrogens (tertiary/aromatic N) is 2. The maximum Gasteiger partial charge on any atom is 0.268 e. The Kier molecular flexibility index (Phi) is 4.86. The van der Waals surface area contributed by atoms with Crippen molar-refractivity contribution in [1.82, 2.24) is 9.88 Å². The minimum Gasteiger partial charge on any atom is -0.349 e. The summed E-state index contributed by atoms with van der Waals surface area (Å²) >= 11 is 0. The van der Waals surface area contributed by atoms with E-state index < -0.39 is 0 Å². The first kappa shape index (κ1) is 16.1. The van der Waals surface area contributed by atoms with E-state index in [4.69, 9.17) is 11.0 Å². The molecule has 1 aromatic carbocycles. The first-order chi connectivity index (χ1) is 10.2. The summed E-state index contributed by atoms with van der Waals surface area (Å²) in [5.41, 5.74) is 8.79. The molecule has 1 aromatic heterocycles. The van der Waals surface area contributed by atoms with Crippen LogP contribution in [0.5, 0.6) is 0 Å². The summed E-state index contributed by atoms with van der Waals surface area (Å²) < 4.78 is 2.00. The normalized spacial score (nSPS) is 16.2.